The summed E-state index contributed by atoms with van der Waals surface area (Å²) in [7, 11) is 0. The highest BCUT2D eigenvalue weighted by atomic mass is 35.5. The molecular weight excluding hydrogens is 572 g/mol. The van der Waals surface area contributed by atoms with Crippen LogP contribution in [0.2, 0.25) is 5.02 Å². The van der Waals surface area contributed by atoms with Crippen molar-refractivity contribution in [3.63, 3.8) is 0 Å². The Bertz CT molecular complexity index is 1760. The van der Waals surface area contributed by atoms with Gasteiger partial charge in [-0.15, -0.1) is 0 Å². The molecule has 0 atom stereocenters. The second-order valence-corrected chi connectivity index (χ2v) is 10.3. The molecular formula is C30H27ClN8O4. The lowest BCUT2D eigenvalue weighted by molar-refractivity contribution is -0.384. The van der Waals surface area contributed by atoms with Gasteiger partial charge in [0, 0.05) is 49.9 Å². The standard InChI is InChI=1S/C30H27ClN8O4/c31-25-9-5-4-6-22(25)18-32-27-26-28(38(20-33-26)19-21-10-12-23(13-11-21)39(41)42)35-29(34-27)36-14-16-37(17-15-36)30(40)43-24-7-2-1-3-8-24/h1-13,20H,14-19H2,(H,32,34,35). The molecule has 13 heteroatoms. The number of non-ortho nitro benzene ring substituents is 1. The van der Waals surface area contributed by atoms with Crippen molar-refractivity contribution in [2.24, 2.45) is 0 Å². The molecule has 0 aliphatic carbocycles. The van der Waals surface area contributed by atoms with Crippen LogP contribution in [0.25, 0.3) is 11.2 Å². The smallest absolute Gasteiger partial charge is 0.410 e. The first-order chi connectivity index (χ1) is 20.9. The average Bonchev–Trinajstić information content (AvgIpc) is 3.44. The van der Waals surface area contributed by atoms with Crippen molar-refractivity contribution in [1.29, 1.82) is 0 Å². The molecule has 1 amide bonds. The minimum atomic E-state index is -0.423. The average molecular weight is 599 g/mol. The number of amides is 1. The fourth-order valence-corrected chi connectivity index (χ4v) is 5.00. The monoisotopic (exact) mass is 598 g/mol. The van der Waals surface area contributed by atoms with Gasteiger partial charge in [-0.25, -0.2) is 9.78 Å². The molecule has 0 spiro atoms. The van der Waals surface area contributed by atoms with E-state index in [9.17, 15) is 14.9 Å². The Hall–Kier alpha value is -5.23. The summed E-state index contributed by atoms with van der Waals surface area (Å²) in [6.45, 7) is 2.74. The van der Waals surface area contributed by atoms with Crippen molar-refractivity contribution in [2.75, 3.05) is 36.4 Å². The molecule has 2 aromatic heterocycles. The molecule has 1 aliphatic rings. The van der Waals surface area contributed by atoms with E-state index in [1.807, 2.05) is 51.9 Å². The lowest BCUT2D eigenvalue weighted by Gasteiger charge is -2.34. The normalized spacial score (nSPS) is 13.2. The Morgan fingerprint density at radius 3 is 2.40 bits per heavy atom. The largest absolute Gasteiger partial charge is 0.415 e. The number of imidazole rings is 1. The molecule has 1 N–H and O–H groups in total. The summed E-state index contributed by atoms with van der Waals surface area (Å²) in [5, 5.41) is 15.1. The number of nitro groups is 1. The minimum absolute atomic E-state index is 0.0294. The first-order valence-corrected chi connectivity index (χ1v) is 14.0. The lowest BCUT2D eigenvalue weighted by atomic mass is 10.2. The zero-order valence-corrected chi connectivity index (χ0v) is 23.7. The summed E-state index contributed by atoms with van der Waals surface area (Å²) < 4.78 is 7.39. The fourth-order valence-electron chi connectivity index (χ4n) is 4.80. The number of nitrogens with zero attached hydrogens (tertiary/aromatic N) is 7. The predicted octanol–water partition coefficient (Wildman–Crippen LogP) is 5.37. The topological polar surface area (TPSA) is 132 Å². The van der Waals surface area contributed by atoms with E-state index in [-0.39, 0.29) is 5.69 Å². The summed E-state index contributed by atoms with van der Waals surface area (Å²) in [5.41, 5.74) is 3.00. The third-order valence-electron chi connectivity index (χ3n) is 7.13. The summed E-state index contributed by atoms with van der Waals surface area (Å²) in [4.78, 5) is 41.4. The van der Waals surface area contributed by atoms with Crippen LogP contribution in [-0.2, 0) is 13.1 Å². The summed E-state index contributed by atoms with van der Waals surface area (Å²) in [6, 6.07) is 23.0. The van der Waals surface area contributed by atoms with Gasteiger partial charge in [-0.1, -0.05) is 60.1 Å². The molecule has 6 rings (SSSR count). The molecule has 1 saturated heterocycles. The highest BCUT2D eigenvalue weighted by molar-refractivity contribution is 6.31. The number of nitrogens with one attached hydrogen (secondary N) is 1. The fraction of sp³-hybridized carbons (Fsp3) is 0.200. The highest BCUT2D eigenvalue weighted by Gasteiger charge is 2.26. The van der Waals surface area contributed by atoms with Gasteiger partial charge in [0.2, 0.25) is 5.95 Å². The maximum Gasteiger partial charge on any atom is 0.415 e. The van der Waals surface area contributed by atoms with Gasteiger partial charge in [-0.05, 0) is 29.3 Å². The third-order valence-corrected chi connectivity index (χ3v) is 7.49. The van der Waals surface area contributed by atoms with Crippen LogP contribution in [0.15, 0.2) is 85.2 Å². The number of hydrogen-bond acceptors (Lipinski definition) is 9. The third kappa shape index (κ3) is 6.33. The van der Waals surface area contributed by atoms with Crippen LogP contribution in [0.1, 0.15) is 11.1 Å². The highest BCUT2D eigenvalue weighted by Crippen LogP contribution is 2.26. The second kappa shape index (κ2) is 12.3. The molecule has 0 radical (unpaired) electrons. The van der Waals surface area contributed by atoms with Crippen LogP contribution in [0.4, 0.5) is 22.2 Å². The van der Waals surface area contributed by atoms with E-state index in [1.54, 1.807) is 35.5 Å². The number of halogens is 1. The molecule has 218 valence electrons. The Labute approximate surface area is 251 Å². The molecule has 0 saturated carbocycles. The second-order valence-electron chi connectivity index (χ2n) is 9.94. The van der Waals surface area contributed by atoms with Gasteiger partial charge in [0.15, 0.2) is 17.0 Å². The first kappa shape index (κ1) is 27.9. The lowest BCUT2D eigenvalue weighted by Crippen LogP contribution is -2.50. The van der Waals surface area contributed by atoms with Gasteiger partial charge >= 0.3 is 6.09 Å². The van der Waals surface area contributed by atoms with E-state index in [0.717, 1.165) is 11.1 Å². The molecule has 12 nitrogen and oxygen atoms in total. The zero-order chi connectivity index (χ0) is 29.8. The number of nitro benzene ring substituents is 1. The molecule has 1 fully saturated rings. The van der Waals surface area contributed by atoms with Crippen LogP contribution < -0.4 is 15.0 Å². The molecule has 1 aliphatic heterocycles. The Kier molecular flexibility index (Phi) is 8.01. The number of para-hydroxylation sites is 1. The number of aromatic nitrogens is 4. The number of fused-ring (bicyclic) bond motifs is 1. The van der Waals surface area contributed by atoms with E-state index in [4.69, 9.17) is 26.3 Å². The molecule has 3 aromatic carbocycles. The van der Waals surface area contributed by atoms with Crippen molar-refractivity contribution in [3.8, 4) is 5.75 Å². The first-order valence-electron chi connectivity index (χ1n) is 13.6. The number of carbonyl (C=O) groups is 1. The van der Waals surface area contributed by atoms with Crippen LogP contribution in [0.3, 0.4) is 0 Å². The van der Waals surface area contributed by atoms with Gasteiger partial charge in [0.25, 0.3) is 5.69 Å². The molecule has 0 unspecified atom stereocenters. The Morgan fingerprint density at radius 1 is 0.953 bits per heavy atom. The number of rotatable bonds is 8. The summed E-state index contributed by atoms with van der Waals surface area (Å²) >= 11 is 6.39. The van der Waals surface area contributed by atoms with Crippen molar-refractivity contribution in [1.82, 2.24) is 24.4 Å². The SMILES string of the molecule is O=C(Oc1ccccc1)N1CCN(c2nc(NCc3ccccc3Cl)c3ncn(Cc4ccc([N+](=O)[O-])cc4)c3n2)CC1. The quantitative estimate of drug-likeness (QED) is 0.185. The summed E-state index contributed by atoms with van der Waals surface area (Å²) in [5.74, 6) is 1.54. The number of piperazine rings is 1. The van der Waals surface area contributed by atoms with E-state index in [2.05, 4.69) is 10.3 Å². The van der Waals surface area contributed by atoms with Gasteiger partial charge in [-0.2, -0.15) is 9.97 Å². The van der Waals surface area contributed by atoms with Crippen LogP contribution >= 0.6 is 11.6 Å². The van der Waals surface area contributed by atoms with Crippen molar-refractivity contribution in [3.05, 3.63) is 111 Å². The van der Waals surface area contributed by atoms with Crippen molar-refractivity contribution < 1.29 is 14.5 Å². The maximum atomic E-state index is 12.7. The van der Waals surface area contributed by atoms with Gasteiger partial charge in [0.1, 0.15) is 5.75 Å². The van der Waals surface area contributed by atoms with E-state index in [1.165, 1.54) is 12.1 Å². The van der Waals surface area contributed by atoms with E-state index in [0.29, 0.717) is 73.0 Å². The van der Waals surface area contributed by atoms with Crippen LogP contribution in [-0.4, -0.2) is 61.6 Å². The van der Waals surface area contributed by atoms with Crippen LogP contribution in [0, 0.1) is 10.1 Å². The summed E-state index contributed by atoms with van der Waals surface area (Å²) in [6.07, 6.45) is 1.29. The molecule has 3 heterocycles. The Balaban J connectivity index is 1.25. The Morgan fingerprint density at radius 2 is 1.67 bits per heavy atom. The van der Waals surface area contributed by atoms with Crippen molar-refractivity contribution >= 4 is 46.3 Å². The maximum absolute atomic E-state index is 12.7. The number of ether oxygens (including phenoxy) is 1. The van der Waals surface area contributed by atoms with Crippen molar-refractivity contribution in [2.45, 2.75) is 13.1 Å². The van der Waals surface area contributed by atoms with E-state index < -0.39 is 11.0 Å². The van der Waals surface area contributed by atoms with Crippen LogP contribution in [0.5, 0.6) is 5.75 Å². The predicted molar refractivity (Wildman–Crippen MR) is 163 cm³/mol. The van der Waals surface area contributed by atoms with Gasteiger partial charge < -0.3 is 24.4 Å². The number of anilines is 2. The molecule has 0 bridgehead atoms. The van der Waals surface area contributed by atoms with Gasteiger partial charge in [-0.3, -0.25) is 10.1 Å². The zero-order valence-electron chi connectivity index (χ0n) is 23.0. The molecule has 43 heavy (non-hydrogen) atoms. The number of benzene rings is 3. The number of hydrogen-bond donors (Lipinski definition) is 1. The number of carbonyl (C=O) groups excluding carboxylic acids is 1. The van der Waals surface area contributed by atoms with E-state index >= 15 is 0 Å². The molecule has 5 aromatic rings. The minimum Gasteiger partial charge on any atom is -0.410 e. The van der Waals surface area contributed by atoms with Gasteiger partial charge in [0.05, 0.1) is 17.8 Å².